The number of nitrogens with zero attached hydrogens (tertiary/aromatic N) is 1. The molecule has 1 aromatic carbocycles. The van der Waals surface area contributed by atoms with Gasteiger partial charge >= 0.3 is 0 Å². The van der Waals surface area contributed by atoms with E-state index in [4.69, 9.17) is 0 Å². The van der Waals surface area contributed by atoms with Gasteiger partial charge in [0.1, 0.15) is 5.69 Å². The summed E-state index contributed by atoms with van der Waals surface area (Å²) in [7, 11) is 0. The fraction of sp³-hybridized carbons (Fsp3) is 0.278. The topological polar surface area (TPSA) is 83.1 Å². The molecule has 0 aliphatic carbocycles. The molecule has 0 saturated carbocycles. The van der Waals surface area contributed by atoms with Crippen molar-refractivity contribution >= 4 is 28.9 Å². The van der Waals surface area contributed by atoms with E-state index in [2.05, 4.69) is 41.7 Å². The lowest BCUT2D eigenvalue weighted by molar-refractivity contribution is -0.114. The Labute approximate surface area is 141 Å². The highest BCUT2D eigenvalue weighted by Gasteiger charge is 2.11. The molecule has 0 aliphatic rings. The Morgan fingerprint density at radius 1 is 0.875 bits per heavy atom. The largest absolute Gasteiger partial charge is 0.379 e. The molecular weight excluding hydrogens is 304 g/mol. The number of carbonyl (C=O) groups excluding carboxylic acids is 2. The predicted octanol–water partition coefficient (Wildman–Crippen LogP) is 3.50. The number of hydrogen-bond acceptors (Lipinski definition) is 4. The van der Waals surface area contributed by atoms with Crippen molar-refractivity contribution in [1.29, 1.82) is 0 Å². The summed E-state index contributed by atoms with van der Waals surface area (Å²) in [6, 6.07) is 10.4. The van der Waals surface area contributed by atoms with Crippen LogP contribution < -0.4 is 16.0 Å². The van der Waals surface area contributed by atoms with Gasteiger partial charge in [0, 0.05) is 23.8 Å². The third kappa shape index (κ3) is 5.39. The van der Waals surface area contributed by atoms with Crippen LogP contribution in [0.25, 0.3) is 0 Å². The maximum atomic E-state index is 12.2. The molecule has 0 aliphatic heterocycles. The van der Waals surface area contributed by atoms with E-state index in [1.165, 1.54) is 6.92 Å². The van der Waals surface area contributed by atoms with Gasteiger partial charge in [-0.1, -0.05) is 0 Å². The summed E-state index contributed by atoms with van der Waals surface area (Å²) in [5.74, 6) is -0.426. The number of carbonyl (C=O) groups is 2. The number of hydrogen-bond donors (Lipinski definition) is 3. The Kier molecular flexibility index (Phi) is 5.18. The summed E-state index contributed by atoms with van der Waals surface area (Å²) in [6.45, 7) is 7.61. The predicted molar refractivity (Wildman–Crippen MR) is 96.3 cm³/mol. The van der Waals surface area contributed by atoms with Crippen LogP contribution in [-0.2, 0) is 4.79 Å². The highest BCUT2D eigenvalue weighted by molar-refractivity contribution is 6.03. The van der Waals surface area contributed by atoms with Gasteiger partial charge in [-0.3, -0.25) is 9.59 Å². The van der Waals surface area contributed by atoms with Crippen LogP contribution in [0.2, 0.25) is 0 Å². The number of aromatic nitrogens is 1. The van der Waals surface area contributed by atoms with Crippen LogP contribution >= 0.6 is 0 Å². The average Bonchev–Trinajstić information content (AvgIpc) is 2.48. The second-order valence-electron chi connectivity index (χ2n) is 6.52. The van der Waals surface area contributed by atoms with Crippen LogP contribution in [0.5, 0.6) is 0 Å². The lowest BCUT2D eigenvalue weighted by Gasteiger charge is -2.21. The maximum Gasteiger partial charge on any atom is 0.274 e. The lowest BCUT2D eigenvalue weighted by Crippen LogP contribution is -2.26. The summed E-state index contributed by atoms with van der Waals surface area (Å²) in [5.41, 5.74) is 2.43. The van der Waals surface area contributed by atoms with Gasteiger partial charge in [0.2, 0.25) is 5.91 Å². The summed E-state index contributed by atoms with van der Waals surface area (Å²) in [6.07, 6.45) is 1.64. The molecule has 2 rings (SSSR count). The first-order valence-electron chi connectivity index (χ1n) is 7.66. The van der Waals surface area contributed by atoms with Crippen molar-refractivity contribution < 1.29 is 9.59 Å². The summed E-state index contributed by atoms with van der Waals surface area (Å²) in [5, 5.41) is 8.73. The molecule has 2 aromatic rings. The molecule has 0 unspecified atom stereocenters. The minimum Gasteiger partial charge on any atom is -0.379 e. The molecule has 0 spiro atoms. The van der Waals surface area contributed by atoms with Crippen LogP contribution in [0.4, 0.5) is 17.1 Å². The first kappa shape index (κ1) is 17.5. The van der Waals surface area contributed by atoms with Gasteiger partial charge in [0.05, 0.1) is 11.9 Å². The van der Waals surface area contributed by atoms with E-state index in [0.29, 0.717) is 17.1 Å². The van der Waals surface area contributed by atoms with Gasteiger partial charge < -0.3 is 16.0 Å². The zero-order chi connectivity index (χ0) is 17.7. The number of pyridine rings is 1. The fourth-order valence-corrected chi connectivity index (χ4v) is 2.07. The van der Waals surface area contributed by atoms with Crippen molar-refractivity contribution in [3.63, 3.8) is 0 Å². The van der Waals surface area contributed by atoms with Gasteiger partial charge in [-0.25, -0.2) is 4.98 Å². The number of amides is 2. The molecule has 2 amide bonds. The Morgan fingerprint density at radius 2 is 1.42 bits per heavy atom. The molecule has 3 N–H and O–H groups in total. The monoisotopic (exact) mass is 326 g/mol. The standard InChI is InChI=1S/C18H22N4O2/c1-12(23)20-13-5-7-14(8-6-13)21-17(24)16-10-9-15(11-19-16)22-18(2,3)4/h5-11,22H,1-4H3,(H,20,23)(H,21,24). The zero-order valence-electron chi connectivity index (χ0n) is 14.3. The fourth-order valence-electron chi connectivity index (χ4n) is 2.07. The molecule has 6 nitrogen and oxygen atoms in total. The highest BCUT2D eigenvalue weighted by atomic mass is 16.2. The quantitative estimate of drug-likeness (QED) is 0.803. The van der Waals surface area contributed by atoms with E-state index in [1.54, 1.807) is 36.5 Å². The van der Waals surface area contributed by atoms with Crippen LogP contribution in [0.1, 0.15) is 38.2 Å². The van der Waals surface area contributed by atoms with Gasteiger partial charge in [-0.05, 0) is 57.2 Å². The summed E-state index contributed by atoms with van der Waals surface area (Å²) < 4.78 is 0. The van der Waals surface area contributed by atoms with Crippen molar-refractivity contribution in [2.75, 3.05) is 16.0 Å². The molecule has 0 saturated heterocycles. The molecule has 1 aromatic heterocycles. The number of benzene rings is 1. The van der Waals surface area contributed by atoms with Crippen molar-refractivity contribution in [1.82, 2.24) is 4.98 Å². The van der Waals surface area contributed by atoms with Crippen LogP contribution in [-0.4, -0.2) is 22.3 Å². The third-order valence-corrected chi connectivity index (χ3v) is 2.98. The molecule has 6 heteroatoms. The lowest BCUT2D eigenvalue weighted by atomic mass is 10.1. The van der Waals surface area contributed by atoms with Crippen molar-refractivity contribution in [2.45, 2.75) is 33.2 Å². The van der Waals surface area contributed by atoms with Crippen LogP contribution in [0, 0.1) is 0 Å². The van der Waals surface area contributed by atoms with Crippen LogP contribution in [0.15, 0.2) is 42.6 Å². The minimum absolute atomic E-state index is 0.0683. The SMILES string of the molecule is CC(=O)Nc1ccc(NC(=O)c2ccc(NC(C)(C)C)cn2)cc1. The van der Waals surface area contributed by atoms with E-state index in [9.17, 15) is 9.59 Å². The zero-order valence-corrected chi connectivity index (χ0v) is 14.3. The number of rotatable bonds is 4. The molecule has 0 bridgehead atoms. The Balaban J connectivity index is 2.00. The Morgan fingerprint density at radius 3 is 1.88 bits per heavy atom. The second kappa shape index (κ2) is 7.12. The van der Waals surface area contributed by atoms with Crippen LogP contribution in [0.3, 0.4) is 0 Å². The maximum absolute atomic E-state index is 12.2. The van der Waals surface area contributed by atoms with Crippen molar-refractivity contribution in [3.05, 3.63) is 48.3 Å². The molecule has 0 fully saturated rings. The minimum atomic E-state index is -0.287. The van der Waals surface area contributed by atoms with Gasteiger partial charge in [-0.15, -0.1) is 0 Å². The van der Waals surface area contributed by atoms with Crippen molar-refractivity contribution in [3.8, 4) is 0 Å². The normalized spacial score (nSPS) is 10.8. The van der Waals surface area contributed by atoms with E-state index in [0.717, 1.165) is 5.69 Å². The van der Waals surface area contributed by atoms with Gasteiger partial charge in [0.25, 0.3) is 5.91 Å². The van der Waals surface area contributed by atoms with E-state index in [1.807, 2.05) is 6.07 Å². The van der Waals surface area contributed by atoms with Crippen molar-refractivity contribution in [2.24, 2.45) is 0 Å². The molecule has 0 atom stereocenters. The third-order valence-electron chi connectivity index (χ3n) is 2.98. The van der Waals surface area contributed by atoms with E-state index in [-0.39, 0.29) is 17.4 Å². The summed E-state index contributed by atoms with van der Waals surface area (Å²) >= 11 is 0. The Hall–Kier alpha value is -2.89. The van der Waals surface area contributed by atoms with E-state index >= 15 is 0 Å². The first-order chi connectivity index (χ1) is 11.2. The number of nitrogens with one attached hydrogen (secondary N) is 3. The highest BCUT2D eigenvalue weighted by Crippen LogP contribution is 2.16. The second-order valence-corrected chi connectivity index (χ2v) is 6.52. The molecule has 1 heterocycles. The smallest absolute Gasteiger partial charge is 0.274 e. The molecular formula is C18H22N4O2. The average molecular weight is 326 g/mol. The molecule has 126 valence electrons. The number of anilines is 3. The molecule has 0 radical (unpaired) electrons. The molecule has 24 heavy (non-hydrogen) atoms. The Bertz CT molecular complexity index is 716. The first-order valence-corrected chi connectivity index (χ1v) is 7.66. The summed E-state index contributed by atoms with van der Waals surface area (Å²) in [4.78, 5) is 27.4. The van der Waals surface area contributed by atoms with E-state index < -0.39 is 0 Å². The van der Waals surface area contributed by atoms with Gasteiger partial charge in [0.15, 0.2) is 0 Å². The van der Waals surface area contributed by atoms with Gasteiger partial charge in [-0.2, -0.15) is 0 Å².